The van der Waals surface area contributed by atoms with Crippen LogP contribution < -0.4 is 5.73 Å². The van der Waals surface area contributed by atoms with Crippen LogP contribution in [0, 0.1) is 5.92 Å². The van der Waals surface area contributed by atoms with Crippen molar-refractivity contribution < 1.29 is 26.3 Å². The van der Waals surface area contributed by atoms with Gasteiger partial charge in [0.1, 0.15) is 0 Å². The van der Waals surface area contributed by atoms with Gasteiger partial charge >= 0.3 is 12.4 Å². The maximum Gasteiger partial charge on any atom is 0.402 e. The van der Waals surface area contributed by atoms with Gasteiger partial charge in [-0.3, -0.25) is 4.68 Å². The normalized spacial score (nSPS) is 15.2. The van der Waals surface area contributed by atoms with E-state index in [1.54, 1.807) is 6.92 Å². The van der Waals surface area contributed by atoms with Gasteiger partial charge in [0, 0.05) is 18.3 Å². The SMILES string of the molecule is CCn1cc(C(N)C(C(F)(F)F)C(F)(F)F)cn1. The molecule has 1 heterocycles. The number of hydrogen-bond acceptors (Lipinski definition) is 2. The lowest BCUT2D eigenvalue weighted by Gasteiger charge is -2.27. The van der Waals surface area contributed by atoms with E-state index in [-0.39, 0.29) is 5.56 Å². The summed E-state index contributed by atoms with van der Waals surface area (Å²) in [5, 5.41) is 3.60. The van der Waals surface area contributed by atoms with E-state index in [4.69, 9.17) is 5.73 Å². The number of alkyl halides is 6. The molecule has 0 aromatic carbocycles. The van der Waals surface area contributed by atoms with Gasteiger partial charge < -0.3 is 5.73 Å². The molecule has 0 aliphatic rings. The summed E-state index contributed by atoms with van der Waals surface area (Å²) in [5.41, 5.74) is 4.79. The summed E-state index contributed by atoms with van der Waals surface area (Å²) in [6.07, 6.45) is -8.91. The molecule has 18 heavy (non-hydrogen) atoms. The molecule has 0 radical (unpaired) electrons. The Bertz CT molecular complexity index is 380. The largest absolute Gasteiger partial charge is 0.402 e. The van der Waals surface area contributed by atoms with Crippen molar-refractivity contribution in [2.45, 2.75) is 31.9 Å². The molecule has 1 atom stereocenters. The van der Waals surface area contributed by atoms with Crippen LogP contribution >= 0.6 is 0 Å². The molecule has 1 aromatic rings. The van der Waals surface area contributed by atoms with Crippen LogP contribution in [0.5, 0.6) is 0 Å². The van der Waals surface area contributed by atoms with E-state index < -0.39 is 24.3 Å². The van der Waals surface area contributed by atoms with Crippen molar-refractivity contribution in [3.8, 4) is 0 Å². The van der Waals surface area contributed by atoms with Gasteiger partial charge in [-0.05, 0) is 6.92 Å². The molecule has 0 amide bonds. The van der Waals surface area contributed by atoms with Crippen LogP contribution in [0.1, 0.15) is 18.5 Å². The topological polar surface area (TPSA) is 43.8 Å². The monoisotopic (exact) mass is 275 g/mol. The Balaban J connectivity index is 3.07. The van der Waals surface area contributed by atoms with Crippen molar-refractivity contribution in [2.24, 2.45) is 11.7 Å². The van der Waals surface area contributed by atoms with E-state index in [9.17, 15) is 26.3 Å². The number of hydrogen-bond donors (Lipinski definition) is 1. The van der Waals surface area contributed by atoms with Gasteiger partial charge in [0.05, 0.1) is 12.2 Å². The first-order valence-corrected chi connectivity index (χ1v) is 4.98. The fourth-order valence-electron chi connectivity index (χ4n) is 1.51. The highest BCUT2D eigenvalue weighted by Gasteiger charge is 2.59. The summed E-state index contributed by atoms with van der Waals surface area (Å²) in [6, 6.07) is -2.22. The third-order valence-electron chi connectivity index (χ3n) is 2.43. The third kappa shape index (κ3) is 3.15. The Labute approximate surface area is 98.6 Å². The standard InChI is InChI=1S/C9H11F6N3/c1-2-18-4-5(3-17-18)6(16)7(8(10,11)12)9(13,14)15/h3-4,6-7H,2,16H2,1H3. The molecular weight excluding hydrogens is 264 g/mol. The molecule has 9 heteroatoms. The van der Waals surface area contributed by atoms with Gasteiger partial charge in [-0.15, -0.1) is 0 Å². The number of nitrogens with two attached hydrogens (primary N) is 1. The molecule has 0 aliphatic heterocycles. The fraction of sp³-hybridized carbons (Fsp3) is 0.667. The molecule has 0 bridgehead atoms. The molecular formula is C9H11F6N3. The fourth-order valence-corrected chi connectivity index (χ4v) is 1.51. The zero-order valence-electron chi connectivity index (χ0n) is 9.26. The van der Waals surface area contributed by atoms with Crippen LogP contribution in [-0.4, -0.2) is 22.1 Å². The average Bonchev–Trinajstić information content (AvgIpc) is 2.60. The van der Waals surface area contributed by atoms with E-state index >= 15 is 0 Å². The second-order valence-electron chi connectivity index (χ2n) is 3.72. The van der Waals surface area contributed by atoms with Gasteiger partial charge in [0.15, 0.2) is 5.92 Å². The zero-order chi connectivity index (χ0) is 14.1. The highest BCUT2D eigenvalue weighted by molar-refractivity contribution is 5.13. The van der Waals surface area contributed by atoms with Crippen LogP contribution in [0.4, 0.5) is 26.3 Å². The maximum absolute atomic E-state index is 12.4. The minimum absolute atomic E-state index is 0.295. The van der Waals surface area contributed by atoms with Crippen molar-refractivity contribution in [1.29, 1.82) is 0 Å². The lowest BCUT2D eigenvalue weighted by Crippen LogP contribution is -2.43. The van der Waals surface area contributed by atoms with E-state index in [0.717, 1.165) is 12.4 Å². The summed E-state index contributed by atoms with van der Waals surface area (Å²) in [7, 11) is 0. The van der Waals surface area contributed by atoms with Crippen molar-refractivity contribution >= 4 is 0 Å². The number of aromatic nitrogens is 2. The van der Waals surface area contributed by atoms with Crippen molar-refractivity contribution in [3.05, 3.63) is 18.0 Å². The summed E-state index contributed by atoms with van der Waals surface area (Å²) in [4.78, 5) is 0. The summed E-state index contributed by atoms with van der Waals surface area (Å²) in [6.45, 7) is 1.97. The second-order valence-corrected chi connectivity index (χ2v) is 3.72. The van der Waals surface area contributed by atoms with Gasteiger partial charge in [-0.2, -0.15) is 31.4 Å². The van der Waals surface area contributed by atoms with Gasteiger partial charge in [-0.1, -0.05) is 0 Å². The van der Waals surface area contributed by atoms with Crippen LogP contribution in [0.2, 0.25) is 0 Å². The van der Waals surface area contributed by atoms with E-state index in [2.05, 4.69) is 5.10 Å². The Morgan fingerprint density at radius 3 is 2.06 bits per heavy atom. The number of aryl methyl sites for hydroxylation is 1. The van der Waals surface area contributed by atoms with Gasteiger partial charge in [0.25, 0.3) is 0 Å². The number of nitrogens with zero attached hydrogens (tertiary/aromatic N) is 2. The first-order chi connectivity index (χ1) is 8.07. The average molecular weight is 275 g/mol. The minimum Gasteiger partial charge on any atom is -0.323 e. The highest BCUT2D eigenvalue weighted by atomic mass is 19.4. The maximum atomic E-state index is 12.4. The molecule has 1 rings (SSSR count). The van der Waals surface area contributed by atoms with Crippen LogP contribution in [-0.2, 0) is 6.54 Å². The lowest BCUT2D eigenvalue weighted by molar-refractivity contribution is -0.290. The van der Waals surface area contributed by atoms with Crippen LogP contribution in [0.15, 0.2) is 12.4 Å². The Morgan fingerprint density at radius 2 is 1.72 bits per heavy atom. The molecule has 0 spiro atoms. The predicted molar refractivity (Wildman–Crippen MR) is 50.4 cm³/mol. The Hall–Kier alpha value is -1.25. The Kier molecular flexibility index (Phi) is 3.94. The van der Waals surface area contributed by atoms with Crippen molar-refractivity contribution in [3.63, 3.8) is 0 Å². The Morgan fingerprint density at radius 1 is 1.22 bits per heavy atom. The number of halogens is 6. The predicted octanol–water partition coefficient (Wildman–Crippen LogP) is 2.64. The van der Waals surface area contributed by atoms with E-state index in [0.29, 0.717) is 6.54 Å². The minimum atomic E-state index is -5.45. The quantitative estimate of drug-likeness (QED) is 0.862. The molecule has 0 saturated heterocycles. The highest BCUT2D eigenvalue weighted by Crippen LogP contribution is 2.45. The van der Waals surface area contributed by atoms with Crippen molar-refractivity contribution in [1.82, 2.24) is 9.78 Å². The van der Waals surface area contributed by atoms with Gasteiger partial charge in [-0.25, -0.2) is 0 Å². The lowest BCUT2D eigenvalue weighted by atomic mass is 9.94. The van der Waals surface area contributed by atoms with E-state index in [1.807, 2.05) is 0 Å². The molecule has 1 unspecified atom stereocenters. The molecule has 0 aliphatic carbocycles. The molecule has 3 nitrogen and oxygen atoms in total. The van der Waals surface area contributed by atoms with Crippen molar-refractivity contribution in [2.75, 3.05) is 0 Å². The molecule has 0 fully saturated rings. The van der Waals surface area contributed by atoms with E-state index in [1.165, 1.54) is 4.68 Å². The summed E-state index contributed by atoms with van der Waals surface area (Å²) < 4.78 is 75.7. The summed E-state index contributed by atoms with van der Waals surface area (Å²) >= 11 is 0. The second kappa shape index (κ2) is 4.79. The first-order valence-electron chi connectivity index (χ1n) is 4.98. The van der Waals surface area contributed by atoms with Crippen LogP contribution in [0.3, 0.4) is 0 Å². The summed E-state index contributed by atoms with van der Waals surface area (Å²) in [5.74, 6) is -3.60. The first kappa shape index (κ1) is 14.8. The third-order valence-corrected chi connectivity index (χ3v) is 2.43. The zero-order valence-corrected chi connectivity index (χ0v) is 9.26. The molecule has 0 saturated carbocycles. The molecule has 104 valence electrons. The molecule has 2 N–H and O–H groups in total. The molecule has 1 aromatic heterocycles. The van der Waals surface area contributed by atoms with Crippen LogP contribution in [0.25, 0.3) is 0 Å². The smallest absolute Gasteiger partial charge is 0.323 e. The number of rotatable bonds is 3. The van der Waals surface area contributed by atoms with Gasteiger partial charge in [0.2, 0.25) is 0 Å².